The molecule has 0 bridgehead atoms. The Morgan fingerprint density at radius 1 is 1.64 bits per heavy atom. The van der Waals surface area contributed by atoms with Gasteiger partial charge < -0.3 is 5.32 Å². The van der Waals surface area contributed by atoms with Crippen molar-refractivity contribution in [2.24, 2.45) is 5.92 Å². The molecule has 1 atom stereocenters. The van der Waals surface area contributed by atoms with Crippen LogP contribution in [0.15, 0.2) is 18.2 Å². The molecule has 4 heteroatoms. The molecule has 0 saturated heterocycles. The molecule has 0 fully saturated rings. The van der Waals surface area contributed by atoms with Gasteiger partial charge in [-0.3, -0.25) is 0 Å². The minimum atomic E-state index is -0.242. The van der Waals surface area contributed by atoms with Crippen LogP contribution in [0, 0.1) is 26.6 Å². The summed E-state index contributed by atoms with van der Waals surface area (Å²) >= 11 is 2.06. The number of anilines is 1. The molecule has 1 unspecified atom stereocenters. The molecular weight excluding hydrogens is 294 g/mol. The zero-order valence-corrected chi connectivity index (χ0v) is 9.88. The lowest BCUT2D eigenvalue weighted by atomic mass is 10.2. The summed E-state index contributed by atoms with van der Waals surface area (Å²) < 4.78 is 13.6. The first kappa shape index (κ1) is 11.2. The van der Waals surface area contributed by atoms with Crippen LogP contribution in [0.4, 0.5) is 10.1 Å². The standard InChI is InChI=1S/C10H10FIN2/c1-7(5-13)6-14-10-3-2-8(11)4-9(10)12/h2-4,7,14H,6H2,1H3. The fourth-order valence-corrected chi connectivity index (χ4v) is 1.61. The molecule has 0 aromatic heterocycles. The third-order valence-corrected chi connectivity index (χ3v) is 2.64. The SMILES string of the molecule is CC(C#N)CNc1ccc(F)cc1I. The highest BCUT2D eigenvalue weighted by Crippen LogP contribution is 2.19. The van der Waals surface area contributed by atoms with Gasteiger partial charge in [0.15, 0.2) is 0 Å². The normalized spacial score (nSPS) is 11.9. The third-order valence-electron chi connectivity index (χ3n) is 1.75. The number of hydrogen-bond donors (Lipinski definition) is 1. The summed E-state index contributed by atoms with van der Waals surface area (Å²) in [5, 5.41) is 11.7. The highest BCUT2D eigenvalue weighted by Gasteiger charge is 2.03. The van der Waals surface area contributed by atoms with Crippen molar-refractivity contribution < 1.29 is 4.39 Å². The summed E-state index contributed by atoms with van der Waals surface area (Å²) in [7, 11) is 0. The summed E-state index contributed by atoms with van der Waals surface area (Å²) in [5.74, 6) is -0.288. The van der Waals surface area contributed by atoms with Gasteiger partial charge in [-0.2, -0.15) is 5.26 Å². The van der Waals surface area contributed by atoms with Crippen LogP contribution in [0.1, 0.15) is 6.92 Å². The number of nitriles is 1. The van der Waals surface area contributed by atoms with Crippen molar-refractivity contribution in [1.29, 1.82) is 5.26 Å². The van der Waals surface area contributed by atoms with Gasteiger partial charge in [0.1, 0.15) is 5.82 Å². The fourth-order valence-electron chi connectivity index (χ4n) is 0.942. The minimum absolute atomic E-state index is 0.0455. The van der Waals surface area contributed by atoms with E-state index in [1.54, 1.807) is 6.07 Å². The van der Waals surface area contributed by atoms with E-state index in [0.717, 1.165) is 9.26 Å². The Hall–Kier alpha value is -0.830. The van der Waals surface area contributed by atoms with Crippen LogP contribution in [0.25, 0.3) is 0 Å². The van der Waals surface area contributed by atoms with Gasteiger partial charge in [-0.25, -0.2) is 4.39 Å². The van der Waals surface area contributed by atoms with E-state index in [2.05, 4.69) is 34.0 Å². The van der Waals surface area contributed by atoms with Crippen molar-refractivity contribution in [3.63, 3.8) is 0 Å². The maximum Gasteiger partial charge on any atom is 0.124 e. The number of halogens is 2. The quantitative estimate of drug-likeness (QED) is 0.871. The van der Waals surface area contributed by atoms with Gasteiger partial charge in [0.05, 0.1) is 12.0 Å². The van der Waals surface area contributed by atoms with Crippen LogP contribution in [0.3, 0.4) is 0 Å². The Kier molecular flexibility index (Phi) is 4.14. The molecule has 74 valence electrons. The summed E-state index contributed by atoms with van der Waals surface area (Å²) in [6, 6.07) is 6.67. The third kappa shape index (κ3) is 3.14. The number of hydrogen-bond acceptors (Lipinski definition) is 2. The maximum atomic E-state index is 12.7. The van der Waals surface area contributed by atoms with E-state index >= 15 is 0 Å². The highest BCUT2D eigenvalue weighted by molar-refractivity contribution is 14.1. The molecule has 1 aromatic carbocycles. The highest BCUT2D eigenvalue weighted by atomic mass is 127. The fraction of sp³-hybridized carbons (Fsp3) is 0.300. The maximum absolute atomic E-state index is 12.7. The zero-order chi connectivity index (χ0) is 10.6. The minimum Gasteiger partial charge on any atom is -0.383 e. The smallest absolute Gasteiger partial charge is 0.124 e. The Bertz CT molecular complexity index is 360. The molecular formula is C10H10FIN2. The summed E-state index contributed by atoms with van der Waals surface area (Å²) in [4.78, 5) is 0. The van der Waals surface area contributed by atoms with E-state index in [9.17, 15) is 4.39 Å². The zero-order valence-electron chi connectivity index (χ0n) is 7.72. The van der Waals surface area contributed by atoms with Gasteiger partial charge in [0, 0.05) is 15.8 Å². The Morgan fingerprint density at radius 2 is 2.36 bits per heavy atom. The first-order valence-corrected chi connectivity index (χ1v) is 5.30. The van der Waals surface area contributed by atoms with Crippen molar-refractivity contribution in [2.45, 2.75) is 6.92 Å². The lowest BCUT2D eigenvalue weighted by Gasteiger charge is -2.09. The molecule has 1 N–H and O–H groups in total. The van der Waals surface area contributed by atoms with Crippen LogP contribution in [0.2, 0.25) is 0 Å². The van der Waals surface area contributed by atoms with Gasteiger partial charge in [0.25, 0.3) is 0 Å². The molecule has 1 rings (SSSR count). The summed E-state index contributed by atoms with van der Waals surface area (Å²) in [5.41, 5.74) is 0.870. The Labute approximate surface area is 96.3 Å². The summed E-state index contributed by atoms with van der Waals surface area (Å²) in [6.07, 6.45) is 0. The second-order valence-corrected chi connectivity index (χ2v) is 4.20. The average molecular weight is 304 g/mol. The van der Waals surface area contributed by atoms with Crippen LogP contribution >= 0.6 is 22.6 Å². The Morgan fingerprint density at radius 3 is 2.93 bits per heavy atom. The van der Waals surface area contributed by atoms with Crippen LogP contribution in [-0.4, -0.2) is 6.54 Å². The van der Waals surface area contributed by atoms with Gasteiger partial charge in [0.2, 0.25) is 0 Å². The number of rotatable bonds is 3. The van der Waals surface area contributed by atoms with Crippen molar-refractivity contribution >= 4 is 28.3 Å². The van der Waals surface area contributed by atoms with E-state index < -0.39 is 0 Å². The van der Waals surface area contributed by atoms with Crippen molar-refractivity contribution in [2.75, 3.05) is 11.9 Å². The van der Waals surface area contributed by atoms with E-state index in [-0.39, 0.29) is 11.7 Å². The van der Waals surface area contributed by atoms with Gasteiger partial charge >= 0.3 is 0 Å². The van der Waals surface area contributed by atoms with E-state index in [1.807, 2.05) is 6.92 Å². The molecule has 0 amide bonds. The summed E-state index contributed by atoms with van der Waals surface area (Å²) in [6.45, 7) is 2.42. The van der Waals surface area contributed by atoms with E-state index in [0.29, 0.717) is 6.54 Å². The first-order chi connectivity index (χ1) is 6.63. The second-order valence-electron chi connectivity index (χ2n) is 3.04. The molecule has 2 nitrogen and oxygen atoms in total. The molecule has 0 saturated carbocycles. The number of benzene rings is 1. The molecule has 0 heterocycles. The van der Waals surface area contributed by atoms with Crippen molar-refractivity contribution in [1.82, 2.24) is 0 Å². The van der Waals surface area contributed by atoms with Gasteiger partial charge in [-0.05, 0) is 47.7 Å². The van der Waals surface area contributed by atoms with Crippen molar-refractivity contribution in [3.8, 4) is 6.07 Å². The average Bonchev–Trinajstić information content (AvgIpc) is 2.16. The monoisotopic (exact) mass is 304 g/mol. The molecule has 1 aromatic rings. The van der Waals surface area contributed by atoms with Gasteiger partial charge in [-0.15, -0.1) is 0 Å². The lowest BCUT2D eigenvalue weighted by Crippen LogP contribution is -2.10. The predicted octanol–water partition coefficient (Wildman–Crippen LogP) is 3.00. The second kappa shape index (κ2) is 5.15. The molecule has 14 heavy (non-hydrogen) atoms. The molecule has 0 aliphatic carbocycles. The predicted molar refractivity (Wildman–Crippen MR) is 62.4 cm³/mol. The van der Waals surface area contributed by atoms with E-state index in [1.165, 1.54) is 12.1 Å². The first-order valence-electron chi connectivity index (χ1n) is 4.22. The largest absolute Gasteiger partial charge is 0.383 e. The topological polar surface area (TPSA) is 35.8 Å². The Balaban J connectivity index is 2.64. The van der Waals surface area contributed by atoms with Crippen LogP contribution < -0.4 is 5.32 Å². The number of nitrogens with one attached hydrogen (secondary N) is 1. The van der Waals surface area contributed by atoms with Gasteiger partial charge in [-0.1, -0.05) is 0 Å². The molecule has 0 aliphatic heterocycles. The van der Waals surface area contributed by atoms with Crippen LogP contribution in [-0.2, 0) is 0 Å². The number of nitrogens with zero attached hydrogens (tertiary/aromatic N) is 1. The molecule has 0 aliphatic rings. The van der Waals surface area contributed by atoms with Crippen molar-refractivity contribution in [3.05, 3.63) is 27.6 Å². The molecule has 0 radical (unpaired) electrons. The lowest BCUT2D eigenvalue weighted by molar-refractivity contribution is 0.627. The molecule has 0 spiro atoms. The van der Waals surface area contributed by atoms with Crippen LogP contribution in [0.5, 0.6) is 0 Å². The van der Waals surface area contributed by atoms with E-state index in [4.69, 9.17) is 5.26 Å².